The smallest absolute Gasteiger partial charge is 0.226 e. The van der Waals surface area contributed by atoms with Crippen LogP contribution in [0.25, 0.3) is 0 Å². The lowest BCUT2D eigenvalue weighted by molar-refractivity contribution is 0.582. The lowest BCUT2D eigenvalue weighted by atomic mass is 10.2. The van der Waals surface area contributed by atoms with E-state index in [1.54, 1.807) is 6.07 Å². The van der Waals surface area contributed by atoms with E-state index in [0.717, 1.165) is 9.79 Å². The Kier molecular flexibility index (Phi) is 3.46. The highest BCUT2D eigenvalue weighted by atomic mass is 35.5. The molecule has 0 fully saturated rings. The zero-order chi connectivity index (χ0) is 11.5. The van der Waals surface area contributed by atoms with Gasteiger partial charge >= 0.3 is 0 Å². The standard InChI is InChI=1S/C12H9ClFNS/c1-8-2-4-9(5-3-8)16-10-6-11(13)12(14)15-7-10/h2-7H,1H3. The Morgan fingerprint density at radius 1 is 1.19 bits per heavy atom. The zero-order valence-electron chi connectivity index (χ0n) is 8.58. The molecule has 0 spiro atoms. The van der Waals surface area contributed by atoms with Crippen LogP contribution < -0.4 is 0 Å². The summed E-state index contributed by atoms with van der Waals surface area (Å²) in [4.78, 5) is 5.48. The lowest BCUT2D eigenvalue weighted by Crippen LogP contribution is -1.84. The minimum absolute atomic E-state index is 0.0529. The van der Waals surface area contributed by atoms with Gasteiger partial charge in [-0.3, -0.25) is 0 Å². The van der Waals surface area contributed by atoms with Gasteiger partial charge in [-0.05, 0) is 25.1 Å². The Bertz CT molecular complexity index is 499. The van der Waals surface area contributed by atoms with Crippen LogP contribution in [0.1, 0.15) is 5.56 Å². The van der Waals surface area contributed by atoms with Gasteiger partial charge in [-0.25, -0.2) is 4.98 Å². The number of rotatable bonds is 2. The van der Waals surface area contributed by atoms with Gasteiger partial charge in [-0.2, -0.15) is 4.39 Å². The summed E-state index contributed by atoms with van der Waals surface area (Å²) in [7, 11) is 0. The van der Waals surface area contributed by atoms with Crippen LogP contribution in [0, 0.1) is 12.9 Å². The molecule has 1 aromatic heterocycles. The molecule has 0 radical (unpaired) electrons. The van der Waals surface area contributed by atoms with E-state index in [1.165, 1.54) is 23.5 Å². The van der Waals surface area contributed by atoms with Crippen LogP contribution in [0.3, 0.4) is 0 Å². The van der Waals surface area contributed by atoms with Crippen LogP contribution in [0.2, 0.25) is 5.02 Å². The lowest BCUT2D eigenvalue weighted by Gasteiger charge is -2.02. The maximum Gasteiger partial charge on any atom is 0.231 e. The van der Waals surface area contributed by atoms with E-state index in [1.807, 2.05) is 31.2 Å². The average Bonchev–Trinajstić information content (AvgIpc) is 2.27. The normalized spacial score (nSPS) is 10.4. The first kappa shape index (κ1) is 11.4. The van der Waals surface area contributed by atoms with Gasteiger partial charge in [0.1, 0.15) is 0 Å². The highest BCUT2D eigenvalue weighted by molar-refractivity contribution is 7.99. The molecule has 82 valence electrons. The summed E-state index contributed by atoms with van der Waals surface area (Å²) in [5.41, 5.74) is 1.21. The van der Waals surface area contributed by atoms with E-state index < -0.39 is 5.95 Å². The number of aryl methyl sites for hydroxylation is 1. The quantitative estimate of drug-likeness (QED) is 0.739. The second-order valence-electron chi connectivity index (χ2n) is 3.36. The molecule has 0 atom stereocenters. The first-order chi connectivity index (χ1) is 7.65. The first-order valence-corrected chi connectivity index (χ1v) is 5.90. The van der Waals surface area contributed by atoms with Gasteiger partial charge in [0.05, 0.1) is 5.02 Å². The number of pyridine rings is 1. The largest absolute Gasteiger partial charge is 0.231 e. The Labute approximate surface area is 103 Å². The number of hydrogen-bond acceptors (Lipinski definition) is 2. The monoisotopic (exact) mass is 253 g/mol. The number of benzene rings is 1. The van der Waals surface area contributed by atoms with Crippen molar-refractivity contribution in [1.29, 1.82) is 0 Å². The van der Waals surface area contributed by atoms with E-state index in [-0.39, 0.29) is 5.02 Å². The van der Waals surface area contributed by atoms with Crippen LogP contribution in [0.4, 0.5) is 4.39 Å². The van der Waals surface area contributed by atoms with Gasteiger partial charge in [-0.15, -0.1) is 0 Å². The predicted octanol–water partition coefficient (Wildman–Crippen LogP) is 4.33. The third kappa shape index (κ3) is 2.74. The molecule has 0 saturated heterocycles. The van der Waals surface area contributed by atoms with E-state index in [4.69, 9.17) is 11.6 Å². The van der Waals surface area contributed by atoms with Crippen molar-refractivity contribution < 1.29 is 4.39 Å². The topological polar surface area (TPSA) is 12.9 Å². The molecule has 1 heterocycles. The molecule has 0 N–H and O–H groups in total. The van der Waals surface area contributed by atoms with Crippen molar-refractivity contribution in [2.24, 2.45) is 0 Å². The Morgan fingerprint density at radius 3 is 2.50 bits per heavy atom. The molecule has 0 aliphatic heterocycles. The Morgan fingerprint density at radius 2 is 1.88 bits per heavy atom. The average molecular weight is 254 g/mol. The molecule has 16 heavy (non-hydrogen) atoms. The molecule has 0 unspecified atom stereocenters. The number of halogens is 2. The van der Waals surface area contributed by atoms with E-state index >= 15 is 0 Å². The van der Waals surface area contributed by atoms with Crippen LogP contribution in [0.15, 0.2) is 46.3 Å². The molecule has 0 aliphatic rings. The van der Waals surface area contributed by atoms with Crippen LogP contribution in [0.5, 0.6) is 0 Å². The molecular formula is C12H9ClFNS. The van der Waals surface area contributed by atoms with Gasteiger partial charge < -0.3 is 0 Å². The van der Waals surface area contributed by atoms with E-state index in [0.29, 0.717) is 0 Å². The molecule has 1 aromatic carbocycles. The van der Waals surface area contributed by atoms with Crippen molar-refractivity contribution in [3.8, 4) is 0 Å². The van der Waals surface area contributed by atoms with Crippen LogP contribution in [-0.4, -0.2) is 4.98 Å². The predicted molar refractivity (Wildman–Crippen MR) is 64.5 cm³/mol. The third-order valence-corrected chi connectivity index (χ3v) is 3.26. The SMILES string of the molecule is Cc1ccc(Sc2cnc(F)c(Cl)c2)cc1. The van der Waals surface area contributed by atoms with Crippen LogP contribution >= 0.6 is 23.4 Å². The van der Waals surface area contributed by atoms with Gasteiger partial charge in [0.2, 0.25) is 5.95 Å². The molecule has 0 saturated carbocycles. The second kappa shape index (κ2) is 4.85. The van der Waals surface area contributed by atoms with Crippen molar-refractivity contribution in [2.45, 2.75) is 16.7 Å². The maximum atomic E-state index is 12.8. The first-order valence-electron chi connectivity index (χ1n) is 4.71. The van der Waals surface area contributed by atoms with Crippen molar-refractivity contribution in [1.82, 2.24) is 4.98 Å². The van der Waals surface area contributed by atoms with Gasteiger partial charge in [0, 0.05) is 16.0 Å². The summed E-state index contributed by atoms with van der Waals surface area (Å²) in [5, 5.41) is 0.0529. The molecule has 0 aliphatic carbocycles. The summed E-state index contributed by atoms with van der Waals surface area (Å²) >= 11 is 7.16. The minimum Gasteiger partial charge on any atom is -0.226 e. The highest BCUT2D eigenvalue weighted by Gasteiger charge is 2.03. The fourth-order valence-corrected chi connectivity index (χ4v) is 2.26. The van der Waals surface area contributed by atoms with Crippen molar-refractivity contribution in [3.05, 3.63) is 53.1 Å². The van der Waals surface area contributed by atoms with Crippen molar-refractivity contribution in [2.75, 3.05) is 0 Å². The van der Waals surface area contributed by atoms with Crippen molar-refractivity contribution in [3.63, 3.8) is 0 Å². The molecule has 0 amide bonds. The fraction of sp³-hybridized carbons (Fsp3) is 0.0833. The highest BCUT2D eigenvalue weighted by Crippen LogP contribution is 2.29. The van der Waals surface area contributed by atoms with E-state index in [9.17, 15) is 4.39 Å². The summed E-state index contributed by atoms with van der Waals surface area (Å²) in [6.45, 7) is 2.03. The molecule has 4 heteroatoms. The van der Waals surface area contributed by atoms with Gasteiger partial charge in [0.25, 0.3) is 0 Å². The summed E-state index contributed by atoms with van der Waals surface area (Å²) in [6, 6.07) is 9.66. The van der Waals surface area contributed by atoms with E-state index in [2.05, 4.69) is 4.98 Å². The van der Waals surface area contributed by atoms with Crippen molar-refractivity contribution >= 4 is 23.4 Å². The molecule has 2 rings (SSSR count). The molecule has 2 aromatic rings. The Balaban J connectivity index is 2.20. The number of nitrogens with zero attached hydrogens (tertiary/aromatic N) is 1. The summed E-state index contributed by atoms with van der Waals surface area (Å²) < 4.78 is 12.8. The zero-order valence-corrected chi connectivity index (χ0v) is 10.1. The van der Waals surface area contributed by atoms with Gasteiger partial charge in [0.15, 0.2) is 0 Å². The number of hydrogen-bond donors (Lipinski definition) is 0. The summed E-state index contributed by atoms with van der Waals surface area (Å²) in [6.07, 6.45) is 1.48. The molecular weight excluding hydrogens is 245 g/mol. The third-order valence-electron chi connectivity index (χ3n) is 2.03. The summed E-state index contributed by atoms with van der Waals surface area (Å²) in [5.74, 6) is -0.630. The molecule has 1 nitrogen and oxygen atoms in total. The second-order valence-corrected chi connectivity index (χ2v) is 4.91. The Hall–Kier alpha value is -1.06. The minimum atomic E-state index is -0.630. The molecule has 0 bridgehead atoms. The number of aromatic nitrogens is 1. The van der Waals surface area contributed by atoms with Crippen LogP contribution in [-0.2, 0) is 0 Å². The fourth-order valence-electron chi connectivity index (χ4n) is 1.20. The van der Waals surface area contributed by atoms with Gasteiger partial charge in [-0.1, -0.05) is 41.1 Å². The maximum absolute atomic E-state index is 12.8.